The van der Waals surface area contributed by atoms with Gasteiger partial charge in [0.1, 0.15) is 5.75 Å². The SMILES string of the molecule is COc1ccccc1N1C=C(C)C(=O)[C@H](C)[C@H]1c1ccc(Cl)cc1. The number of allylic oxidation sites excluding steroid dienone is 1. The number of methoxy groups -OCH3 is 1. The monoisotopic (exact) mass is 341 g/mol. The zero-order chi connectivity index (χ0) is 17.3. The molecule has 3 rings (SSSR count). The van der Waals surface area contributed by atoms with Crippen molar-refractivity contribution in [3.63, 3.8) is 0 Å². The van der Waals surface area contributed by atoms with Crippen LogP contribution in [0.4, 0.5) is 5.69 Å². The molecule has 0 bridgehead atoms. The largest absolute Gasteiger partial charge is 0.495 e. The minimum atomic E-state index is -0.166. The van der Waals surface area contributed by atoms with Crippen LogP contribution in [-0.2, 0) is 4.79 Å². The van der Waals surface area contributed by atoms with Crippen LogP contribution in [0.15, 0.2) is 60.3 Å². The van der Waals surface area contributed by atoms with Gasteiger partial charge in [-0.3, -0.25) is 4.79 Å². The average Bonchev–Trinajstić information content (AvgIpc) is 2.60. The second-order valence-corrected chi connectivity index (χ2v) is 6.48. The van der Waals surface area contributed by atoms with Crippen LogP contribution in [0.1, 0.15) is 25.5 Å². The van der Waals surface area contributed by atoms with Crippen LogP contribution in [0.2, 0.25) is 5.02 Å². The van der Waals surface area contributed by atoms with Crippen molar-refractivity contribution in [1.82, 2.24) is 0 Å². The number of ether oxygens (including phenoxy) is 1. The van der Waals surface area contributed by atoms with Crippen molar-refractivity contribution in [3.05, 3.63) is 70.9 Å². The molecule has 0 fully saturated rings. The van der Waals surface area contributed by atoms with E-state index in [4.69, 9.17) is 16.3 Å². The molecular weight excluding hydrogens is 322 g/mol. The molecule has 0 amide bonds. The first kappa shape index (κ1) is 16.6. The maximum Gasteiger partial charge on any atom is 0.165 e. The van der Waals surface area contributed by atoms with Gasteiger partial charge in [-0.1, -0.05) is 42.8 Å². The van der Waals surface area contributed by atoms with Gasteiger partial charge in [-0.15, -0.1) is 0 Å². The van der Waals surface area contributed by atoms with Gasteiger partial charge in [0.25, 0.3) is 0 Å². The number of carbonyl (C=O) groups excluding carboxylic acids is 1. The van der Waals surface area contributed by atoms with Crippen LogP contribution < -0.4 is 9.64 Å². The fourth-order valence-electron chi connectivity index (χ4n) is 3.27. The number of benzene rings is 2. The summed E-state index contributed by atoms with van der Waals surface area (Å²) in [5, 5.41) is 0.684. The van der Waals surface area contributed by atoms with E-state index < -0.39 is 0 Å². The van der Waals surface area contributed by atoms with E-state index in [1.807, 2.05) is 68.6 Å². The molecule has 0 unspecified atom stereocenters. The second-order valence-electron chi connectivity index (χ2n) is 6.04. The third kappa shape index (κ3) is 2.92. The Bertz CT molecular complexity index is 782. The van der Waals surface area contributed by atoms with Gasteiger partial charge >= 0.3 is 0 Å². The van der Waals surface area contributed by atoms with Gasteiger partial charge < -0.3 is 9.64 Å². The number of para-hydroxylation sites is 2. The Hall–Kier alpha value is -2.26. The summed E-state index contributed by atoms with van der Waals surface area (Å²) in [5.41, 5.74) is 2.74. The summed E-state index contributed by atoms with van der Waals surface area (Å²) in [5.74, 6) is 0.782. The molecule has 2 atom stereocenters. The number of carbonyl (C=O) groups is 1. The highest BCUT2D eigenvalue weighted by atomic mass is 35.5. The normalized spacial score (nSPS) is 20.8. The fourth-order valence-corrected chi connectivity index (χ4v) is 3.39. The first-order valence-electron chi connectivity index (χ1n) is 7.92. The number of hydrogen-bond donors (Lipinski definition) is 0. The van der Waals surface area contributed by atoms with Gasteiger partial charge in [-0.2, -0.15) is 0 Å². The van der Waals surface area contributed by atoms with E-state index in [2.05, 4.69) is 4.90 Å². The molecule has 2 aromatic carbocycles. The summed E-state index contributed by atoms with van der Waals surface area (Å²) in [7, 11) is 1.66. The predicted molar refractivity (Wildman–Crippen MR) is 97.6 cm³/mol. The molecule has 0 aliphatic carbocycles. The first-order chi connectivity index (χ1) is 11.5. The van der Waals surface area contributed by atoms with E-state index in [0.717, 1.165) is 22.6 Å². The highest BCUT2D eigenvalue weighted by molar-refractivity contribution is 6.30. The average molecular weight is 342 g/mol. The van der Waals surface area contributed by atoms with Crippen LogP contribution in [0.25, 0.3) is 0 Å². The highest BCUT2D eigenvalue weighted by Gasteiger charge is 2.36. The van der Waals surface area contributed by atoms with Crippen molar-refractivity contribution < 1.29 is 9.53 Å². The Morgan fingerprint density at radius 1 is 1.08 bits per heavy atom. The number of anilines is 1. The number of ketones is 1. The predicted octanol–water partition coefficient (Wildman–Crippen LogP) is 5.02. The zero-order valence-corrected chi connectivity index (χ0v) is 14.7. The molecule has 0 saturated carbocycles. The number of Topliss-reactive ketones (excluding diaryl/α,β-unsaturated/α-hetero) is 1. The third-order valence-corrected chi connectivity index (χ3v) is 4.74. The molecule has 1 aliphatic rings. The molecule has 124 valence electrons. The van der Waals surface area contributed by atoms with E-state index in [1.54, 1.807) is 7.11 Å². The Balaban J connectivity index is 2.15. The minimum absolute atomic E-state index is 0.102. The van der Waals surface area contributed by atoms with Crippen LogP contribution >= 0.6 is 11.6 Å². The topological polar surface area (TPSA) is 29.5 Å². The van der Waals surface area contributed by atoms with Gasteiger partial charge in [-0.05, 0) is 36.8 Å². The van der Waals surface area contributed by atoms with E-state index in [-0.39, 0.29) is 17.7 Å². The summed E-state index contributed by atoms with van der Waals surface area (Å²) >= 11 is 6.03. The van der Waals surface area contributed by atoms with Crippen LogP contribution in [0.3, 0.4) is 0 Å². The maximum absolute atomic E-state index is 12.6. The number of rotatable bonds is 3. The highest BCUT2D eigenvalue weighted by Crippen LogP contribution is 2.42. The second kappa shape index (κ2) is 6.70. The number of nitrogens with zero attached hydrogens (tertiary/aromatic N) is 1. The summed E-state index contributed by atoms with van der Waals surface area (Å²) in [6.45, 7) is 3.83. The molecular formula is C20H20ClNO2. The summed E-state index contributed by atoms with van der Waals surface area (Å²) in [6.07, 6.45) is 1.92. The Kier molecular flexibility index (Phi) is 4.63. The van der Waals surface area contributed by atoms with E-state index in [9.17, 15) is 4.79 Å². The Morgan fingerprint density at radius 2 is 1.75 bits per heavy atom. The summed E-state index contributed by atoms with van der Waals surface area (Å²) in [4.78, 5) is 14.7. The zero-order valence-electron chi connectivity index (χ0n) is 14.0. The molecule has 0 N–H and O–H groups in total. The summed E-state index contributed by atoms with van der Waals surface area (Å²) in [6, 6.07) is 15.4. The lowest BCUT2D eigenvalue weighted by atomic mass is 9.84. The maximum atomic E-state index is 12.6. The molecule has 0 radical (unpaired) electrons. The van der Waals surface area contributed by atoms with Gasteiger partial charge in [0, 0.05) is 22.7 Å². The van der Waals surface area contributed by atoms with Crippen LogP contribution in [0, 0.1) is 5.92 Å². The van der Waals surface area contributed by atoms with E-state index in [1.165, 1.54) is 0 Å². The molecule has 24 heavy (non-hydrogen) atoms. The minimum Gasteiger partial charge on any atom is -0.495 e. The van der Waals surface area contributed by atoms with Crippen molar-refractivity contribution in [3.8, 4) is 5.75 Å². The molecule has 4 heteroatoms. The standard InChI is InChI=1S/C20H20ClNO2/c1-13-12-22(17-6-4-5-7-18(17)24-3)19(14(2)20(13)23)15-8-10-16(21)11-9-15/h4-12,14,19H,1-3H3/t14-,19+/m1/s1. The Labute approximate surface area is 147 Å². The van der Waals surface area contributed by atoms with Gasteiger partial charge in [0.05, 0.1) is 18.8 Å². The Morgan fingerprint density at radius 3 is 2.42 bits per heavy atom. The lowest BCUT2D eigenvalue weighted by Gasteiger charge is -2.39. The molecule has 1 heterocycles. The van der Waals surface area contributed by atoms with Crippen molar-refractivity contribution in [2.24, 2.45) is 5.92 Å². The molecule has 2 aromatic rings. The first-order valence-corrected chi connectivity index (χ1v) is 8.30. The van der Waals surface area contributed by atoms with Crippen molar-refractivity contribution >= 4 is 23.1 Å². The number of hydrogen-bond acceptors (Lipinski definition) is 3. The van der Waals surface area contributed by atoms with Crippen molar-refractivity contribution in [2.45, 2.75) is 19.9 Å². The quantitative estimate of drug-likeness (QED) is 0.785. The van der Waals surface area contributed by atoms with E-state index in [0.29, 0.717) is 5.02 Å². The fraction of sp³-hybridized carbons (Fsp3) is 0.250. The third-order valence-electron chi connectivity index (χ3n) is 4.48. The number of halogens is 1. The lowest BCUT2D eigenvalue weighted by Crippen LogP contribution is -2.37. The molecule has 1 aliphatic heterocycles. The molecule has 0 aromatic heterocycles. The smallest absolute Gasteiger partial charge is 0.165 e. The van der Waals surface area contributed by atoms with E-state index >= 15 is 0 Å². The van der Waals surface area contributed by atoms with Crippen LogP contribution in [0.5, 0.6) is 5.75 Å². The lowest BCUT2D eigenvalue weighted by molar-refractivity contribution is -0.119. The van der Waals surface area contributed by atoms with Gasteiger partial charge in [-0.25, -0.2) is 0 Å². The van der Waals surface area contributed by atoms with Crippen molar-refractivity contribution in [2.75, 3.05) is 12.0 Å². The van der Waals surface area contributed by atoms with Crippen LogP contribution in [-0.4, -0.2) is 12.9 Å². The molecule has 3 nitrogen and oxygen atoms in total. The molecule has 0 spiro atoms. The van der Waals surface area contributed by atoms with Gasteiger partial charge in [0.2, 0.25) is 0 Å². The van der Waals surface area contributed by atoms with Gasteiger partial charge in [0.15, 0.2) is 5.78 Å². The molecule has 0 saturated heterocycles. The van der Waals surface area contributed by atoms with Crippen molar-refractivity contribution in [1.29, 1.82) is 0 Å². The summed E-state index contributed by atoms with van der Waals surface area (Å²) < 4.78 is 5.52.